The monoisotopic (exact) mass is 402 g/mol. The topological polar surface area (TPSA) is 86.0 Å². The van der Waals surface area contributed by atoms with Crippen LogP contribution >= 0.6 is 11.6 Å². The Morgan fingerprint density at radius 3 is 2.48 bits per heavy atom. The quantitative estimate of drug-likeness (QED) is 0.765. The van der Waals surface area contributed by atoms with Crippen LogP contribution in [0.25, 0.3) is 0 Å². The molecule has 7 nitrogen and oxygen atoms in total. The van der Waals surface area contributed by atoms with Crippen LogP contribution in [0.3, 0.4) is 0 Å². The molecule has 0 aliphatic carbocycles. The zero-order valence-electron chi connectivity index (χ0n) is 12.5. The highest BCUT2D eigenvalue weighted by Crippen LogP contribution is 2.26. The molecule has 0 spiro atoms. The normalized spacial score (nSPS) is 12.6. The van der Waals surface area contributed by atoms with Gasteiger partial charge in [0.1, 0.15) is 5.82 Å². The average molecular weight is 403 g/mol. The summed E-state index contributed by atoms with van der Waals surface area (Å²) in [5.74, 6) is -2.20. The molecule has 1 N–H and O–H groups in total. The summed E-state index contributed by atoms with van der Waals surface area (Å²) in [5, 5.41) is 2.73. The van der Waals surface area contributed by atoms with Crippen molar-refractivity contribution >= 4 is 21.6 Å². The molecule has 0 atom stereocenters. The Labute approximate surface area is 143 Å². The smallest absolute Gasteiger partial charge is 0.274 e. The van der Waals surface area contributed by atoms with E-state index in [9.17, 15) is 30.8 Å². The van der Waals surface area contributed by atoms with E-state index in [-0.39, 0.29) is 4.90 Å². The molecule has 0 aliphatic rings. The van der Waals surface area contributed by atoms with E-state index in [1.54, 1.807) is 0 Å². The zero-order chi connectivity index (χ0) is 19.0. The van der Waals surface area contributed by atoms with Gasteiger partial charge < -0.3 is 0 Å². The van der Waals surface area contributed by atoms with Gasteiger partial charge in [0.05, 0.1) is 16.5 Å². The van der Waals surface area contributed by atoms with Gasteiger partial charge in [-0.15, -0.1) is 5.10 Å². The Balaban J connectivity index is 2.12. The van der Waals surface area contributed by atoms with Crippen LogP contribution in [0.4, 0.5) is 17.6 Å². The molecule has 1 aromatic heterocycles. The maximum Gasteiger partial charge on any atom is 0.451 e. The molecule has 0 saturated carbocycles. The molecule has 0 radical (unpaired) electrons. The summed E-state index contributed by atoms with van der Waals surface area (Å²) in [6, 6.07) is 2.71. The van der Waals surface area contributed by atoms with Crippen LogP contribution in [-0.4, -0.2) is 29.3 Å². The lowest BCUT2D eigenvalue weighted by Crippen LogP contribution is -2.31. The number of hydrogen-bond acceptors (Lipinski definition) is 4. The van der Waals surface area contributed by atoms with Crippen molar-refractivity contribution in [2.45, 2.75) is 17.6 Å². The molecule has 0 bridgehead atoms. The molecule has 138 valence electrons. The van der Waals surface area contributed by atoms with E-state index in [2.05, 4.69) is 9.82 Å². The molecule has 0 amide bonds. The Morgan fingerprint density at radius 2 is 1.96 bits per heavy atom. The predicted molar refractivity (Wildman–Crippen MR) is 79.1 cm³/mol. The molecule has 0 saturated heterocycles. The van der Waals surface area contributed by atoms with Crippen LogP contribution < -0.4 is 10.4 Å². The summed E-state index contributed by atoms with van der Waals surface area (Å²) in [6.07, 6.45) is -4.82. The summed E-state index contributed by atoms with van der Waals surface area (Å²) in [4.78, 5) is 11.3. The van der Waals surface area contributed by atoms with Crippen molar-refractivity contribution in [2.24, 2.45) is 7.05 Å². The van der Waals surface area contributed by atoms with Gasteiger partial charge in [-0.05, 0) is 18.2 Å². The van der Waals surface area contributed by atoms with Crippen LogP contribution in [0.2, 0.25) is 5.02 Å². The zero-order valence-corrected chi connectivity index (χ0v) is 14.1. The second-order valence-corrected chi connectivity index (χ2v) is 7.03. The third-order valence-corrected chi connectivity index (χ3v) is 4.86. The highest BCUT2D eigenvalue weighted by molar-refractivity contribution is 7.89. The van der Waals surface area contributed by atoms with Crippen LogP contribution in [0.15, 0.2) is 27.9 Å². The first kappa shape index (κ1) is 19.4. The number of aromatic nitrogens is 3. The molecule has 13 heteroatoms. The van der Waals surface area contributed by atoms with Gasteiger partial charge in [0.2, 0.25) is 15.8 Å². The van der Waals surface area contributed by atoms with Crippen molar-refractivity contribution in [3.63, 3.8) is 0 Å². The molecule has 1 aromatic carbocycles. The third-order valence-electron chi connectivity index (χ3n) is 3.11. The van der Waals surface area contributed by atoms with Crippen LogP contribution in [0, 0.1) is 5.82 Å². The van der Waals surface area contributed by atoms with E-state index in [4.69, 9.17) is 11.6 Å². The van der Waals surface area contributed by atoms with Crippen molar-refractivity contribution in [2.75, 3.05) is 6.54 Å². The number of hydrogen-bond donors (Lipinski definition) is 1. The minimum Gasteiger partial charge on any atom is -0.274 e. The summed E-state index contributed by atoms with van der Waals surface area (Å²) in [7, 11) is -3.19. The minimum atomic E-state index is -4.82. The van der Waals surface area contributed by atoms with Gasteiger partial charge in [0.25, 0.3) is 0 Å². The molecule has 25 heavy (non-hydrogen) atoms. The summed E-state index contributed by atoms with van der Waals surface area (Å²) < 4.78 is 77.9. The Morgan fingerprint density at radius 1 is 1.32 bits per heavy atom. The number of nitrogens with one attached hydrogen (secondary N) is 1. The standard InChI is InChI=1S/C12H11ClF4N4O3S/c1-20-10(12(15,16)17)19-21(11(20)22)5-4-18-25(23,24)7-2-3-9(14)8(13)6-7/h2-3,6,18H,4-5H2,1H3. The Bertz CT molecular complexity index is 952. The number of sulfonamides is 1. The maximum atomic E-state index is 13.1. The van der Waals surface area contributed by atoms with E-state index in [0.717, 1.165) is 25.2 Å². The fourth-order valence-corrected chi connectivity index (χ4v) is 3.19. The van der Waals surface area contributed by atoms with E-state index < -0.39 is 51.6 Å². The number of benzene rings is 1. The van der Waals surface area contributed by atoms with Crippen molar-refractivity contribution < 1.29 is 26.0 Å². The Hall–Kier alpha value is -1.92. The molecule has 0 aliphatic heterocycles. The number of rotatable bonds is 5. The first-order valence-corrected chi connectivity index (χ1v) is 8.45. The fraction of sp³-hybridized carbons (Fsp3) is 0.333. The van der Waals surface area contributed by atoms with Crippen molar-refractivity contribution in [1.29, 1.82) is 0 Å². The van der Waals surface area contributed by atoms with Crippen molar-refractivity contribution in [1.82, 2.24) is 19.1 Å². The first-order chi connectivity index (χ1) is 11.4. The van der Waals surface area contributed by atoms with E-state index in [0.29, 0.717) is 9.25 Å². The minimum absolute atomic E-state index is 0.314. The lowest BCUT2D eigenvalue weighted by molar-refractivity contribution is -0.147. The van der Waals surface area contributed by atoms with Crippen LogP contribution in [0.5, 0.6) is 0 Å². The number of halogens is 5. The second kappa shape index (κ2) is 6.77. The molecule has 0 fully saturated rings. The molecule has 2 rings (SSSR count). The summed E-state index contributed by atoms with van der Waals surface area (Å²) >= 11 is 5.50. The maximum absolute atomic E-state index is 13.1. The van der Waals surface area contributed by atoms with Gasteiger partial charge in [0.15, 0.2) is 0 Å². The predicted octanol–water partition coefficient (Wildman–Crippen LogP) is 1.37. The summed E-state index contributed by atoms with van der Waals surface area (Å²) in [6.45, 7) is -0.845. The van der Waals surface area contributed by atoms with Gasteiger partial charge in [-0.25, -0.2) is 27.0 Å². The van der Waals surface area contributed by atoms with E-state index >= 15 is 0 Å². The summed E-state index contributed by atoms with van der Waals surface area (Å²) in [5.41, 5.74) is -1.05. The Kier molecular flexibility index (Phi) is 5.25. The molecule has 0 unspecified atom stereocenters. The lowest BCUT2D eigenvalue weighted by Gasteiger charge is -2.07. The van der Waals surface area contributed by atoms with E-state index in [1.807, 2.05) is 0 Å². The molecular formula is C12H11ClF4N4O3S. The van der Waals surface area contributed by atoms with Gasteiger partial charge in [-0.1, -0.05) is 11.6 Å². The van der Waals surface area contributed by atoms with Crippen LogP contribution in [-0.2, 0) is 29.8 Å². The van der Waals surface area contributed by atoms with Crippen LogP contribution in [0.1, 0.15) is 5.82 Å². The largest absolute Gasteiger partial charge is 0.451 e. The molecule has 2 aromatic rings. The van der Waals surface area contributed by atoms with Gasteiger partial charge in [-0.2, -0.15) is 13.2 Å². The first-order valence-electron chi connectivity index (χ1n) is 6.59. The average Bonchev–Trinajstić information content (AvgIpc) is 2.78. The van der Waals surface area contributed by atoms with Gasteiger partial charge in [0, 0.05) is 13.6 Å². The SMILES string of the molecule is Cn1c(C(F)(F)F)nn(CCNS(=O)(=O)c2ccc(F)c(Cl)c2)c1=O. The third kappa shape index (κ3) is 4.19. The molecule has 1 heterocycles. The number of nitrogens with zero attached hydrogens (tertiary/aromatic N) is 3. The van der Waals surface area contributed by atoms with Gasteiger partial charge >= 0.3 is 11.9 Å². The second-order valence-electron chi connectivity index (χ2n) is 4.86. The van der Waals surface area contributed by atoms with Gasteiger partial charge in [-0.3, -0.25) is 4.57 Å². The van der Waals surface area contributed by atoms with Crippen molar-refractivity contribution in [3.05, 3.63) is 45.3 Å². The fourth-order valence-electron chi connectivity index (χ4n) is 1.89. The van der Waals surface area contributed by atoms with E-state index in [1.165, 1.54) is 0 Å². The molecular weight excluding hydrogens is 392 g/mol. The highest BCUT2D eigenvalue weighted by Gasteiger charge is 2.37. The lowest BCUT2D eigenvalue weighted by atomic mass is 10.3. The van der Waals surface area contributed by atoms with Crippen molar-refractivity contribution in [3.8, 4) is 0 Å². The number of alkyl halides is 3. The highest BCUT2D eigenvalue weighted by atomic mass is 35.5.